The van der Waals surface area contributed by atoms with E-state index < -0.39 is 0 Å². The molecule has 0 atom stereocenters. The highest BCUT2D eigenvalue weighted by Crippen LogP contribution is 2.10. The summed E-state index contributed by atoms with van der Waals surface area (Å²) >= 11 is 3.73. The molecule has 0 fully saturated rings. The van der Waals surface area contributed by atoms with Crippen molar-refractivity contribution in [2.75, 3.05) is 6.26 Å². The second kappa shape index (κ2) is 3.36. The van der Waals surface area contributed by atoms with Crippen LogP contribution in [0.15, 0.2) is 17.3 Å². The minimum Gasteiger partial charge on any atom is -0.230 e. The molecule has 2 nitrogen and oxygen atoms in total. The summed E-state index contributed by atoms with van der Waals surface area (Å²) in [4.78, 5) is 9.12. The third kappa shape index (κ3) is 2.09. The van der Waals surface area contributed by atoms with Gasteiger partial charge in [0.1, 0.15) is 0 Å². The third-order valence-electron chi connectivity index (χ3n) is 0.832. The Labute approximate surface area is 71.6 Å². The van der Waals surface area contributed by atoms with Gasteiger partial charge < -0.3 is 0 Å². The Morgan fingerprint density at radius 3 is 2.44 bits per heavy atom. The van der Waals surface area contributed by atoms with E-state index >= 15 is 0 Å². The summed E-state index contributed by atoms with van der Waals surface area (Å²) in [5.41, 5.74) is 0. The smallest absolute Gasteiger partial charge is 0.190 e. The average Bonchev–Trinajstić information content (AvgIpc) is 1.90. The van der Waals surface area contributed by atoms with Crippen molar-refractivity contribution in [1.82, 2.24) is 9.97 Å². The normalized spacial score (nSPS) is 9.56. The molecular formula is C5H5IN2S. The van der Waals surface area contributed by atoms with Gasteiger partial charge in [-0.05, 0) is 6.26 Å². The van der Waals surface area contributed by atoms with Gasteiger partial charge in [-0.25, -0.2) is 9.97 Å². The molecule has 0 spiro atoms. The Bertz CT molecular complexity index is 187. The monoisotopic (exact) mass is 252 g/mol. The van der Waals surface area contributed by atoms with Crippen molar-refractivity contribution in [2.24, 2.45) is 0 Å². The number of thioether (sulfide) groups is 1. The highest BCUT2D eigenvalue weighted by Gasteiger charge is 1.89. The maximum Gasteiger partial charge on any atom is 0.190 e. The first-order valence-electron chi connectivity index (χ1n) is 2.34. The average molecular weight is 252 g/mol. The molecule has 0 unspecified atom stereocenters. The van der Waals surface area contributed by atoms with E-state index in [4.69, 9.17) is 0 Å². The van der Waals surface area contributed by atoms with Crippen LogP contribution in [0, 0.1) is 3.83 Å². The molecule has 0 amide bonds. The van der Waals surface area contributed by atoms with Crippen LogP contribution in [-0.2, 0) is 0 Å². The van der Waals surface area contributed by atoms with Crippen molar-refractivity contribution < 1.29 is 0 Å². The van der Waals surface area contributed by atoms with E-state index in [0.29, 0.717) is 0 Å². The molecule has 0 N–H and O–H groups in total. The molecule has 48 valence electrons. The van der Waals surface area contributed by atoms with Crippen LogP contribution in [0.2, 0.25) is 0 Å². The maximum atomic E-state index is 4.00. The van der Waals surface area contributed by atoms with Gasteiger partial charge in [0.2, 0.25) is 0 Å². The highest BCUT2D eigenvalue weighted by molar-refractivity contribution is 14.1. The summed E-state index contributed by atoms with van der Waals surface area (Å²) in [6, 6.07) is 0. The van der Waals surface area contributed by atoms with E-state index in [9.17, 15) is 0 Å². The fourth-order valence-electron chi connectivity index (χ4n) is 0.406. The minimum atomic E-state index is 0.797. The van der Waals surface area contributed by atoms with Crippen molar-refractivity contribution in [1.29, 1.82) is 0 Å². The number of hydrogen-bond acceptors (Lipinski definition) is 3. The molecule has 1 aromatic rings. The zero-order valence-corrected chi connectivity index (χ0v) is 7.81. The van der Waals surface area contributed by atoms with Crippen LogP contribution in [0.25, 0.3) is 0 Å². The summed E-state index contributed by atoms with van der Waals surface area (Å²) in [6.07, 6.45) is 5.64. The van der Waals surface area contributed by atoms with Crippen LogP contribution in [0.3, 0.4) is 0 Å². The first kappa shape index (κ1) is 7.27. The molecule has 9 heavy (non-hydrogen) atoms. The van der Waals surface area contributed by atoms with Crippen LogP contribution < -0.4 is 0 Å². The van der Waals surface area contributed by atoms with E-state index in [-0.39, 0.29) is 0 Å². The van der Waals surface area contributed by atoms with Crippen molar-refractivity contribution in [3.05, 3.63) is 16.2 Å². The summed E-state index contributed by atoms with van der Waals surface area (Å²) in [5, 5.41) is 0. The largest absolute Gasteiger partial charge is 0.230 e. The van der Waals surface area contributed by atoms with E-state index in [0.717, 1.165) is 8.73 Å². The first-order chi connectivity index (χ1) is 4.33. The van der Waals surface area contributed by atoms with Gasteiger partial charge >= 0.3 is 0 Å². The zero-order valence-electron chi connectivity index (χ0n) is 4.84. The molecule has 0 aromatic carbocycles. The predicted molar refractivity (Wildman–Crippen MR) is 46.5 cm³/mol. The van der Waals surface area contributed by atoms with Crippen LogP contribution in [0.1, 0.15) is 0 Å². The Balaban J connectivity index is 2.88. The summed E-state index contributed by atoms with van der Waals surface area (Å²) in [6.45, 7) is 0. The number of rotatable bonds is 1. The lowest BCUT2D eigenvalue weighted by molar-refractivity contribution is 1.05. The summed E-state index contributed by atoms with van der Waals surface area (Å²) < 4.78 is 0.797. The molecule has 0 aliphatic carbocycles. The predicted octanol–water partition coefficient (Wildman–Crippen LogP) is 1.80. The molecular weight excluding hydrogens is 247 g/mol. The summed E-state index contributed by atoms with van der Waals surface area (Å²) in [7, 11) is 0. The standard InChI is InChI=1S/C5H5IN2S/c1-9-4-2-7-5(6)8-3-4/h2-3H,1H3. The van der Waals surface area contributed by atoms with Gasteiger partial charge in [0.15, 0.2) is 3.83 Å². The Kier molecular flexibility index (Phi) is 2.71. The molecule has 4 heteroatoms. The zero-order chi connectivity index (χ0) is 6.69. The molecule has 1 heterocycles. The van der Waals surface area contributed by atoms with Crippen LogP contribution >= 0.6 is 34.4 Å². The van der Waals surface area contributed by atoms with E-state index in [1.807, 2.05) is 18.6 Å². The SMILES string of the molecule is CSc1cnc(I)nc1. The molecule has 0 bridgehead atoms. The Hall–Kier alpha value is 0.160. The van der Waals surface area contributed by atoms with Crippen LogP contribution in [0.5, 0.6) is 0 Å². The first-order valence-corrected chi connectivity index (χ1v) is 4.65. The Morgan fingerprint density at radius 1 is 1.44 bits per heavy atom. The van der Waals surface area contributed by atoms with Gasteiger partial charge in [0.05, 0.1) is 0 Å². The van der Waals surface area contributed by atoms with Gasteiger partial charge in [0.25, 0.3) is 0 Å². The minimum absolute atomic E-state index is 0.797. The van der Waals surface area contributed by atoms with Gasteiger partial charge in [0, 0.05) is 39.9 Å². The lowest BCUT2D eigenvalue weighted by Gasteiger charge is -1.91. The van der Waals surface area contributed by atoms with Crippen LogP contribution in [0.4, 0.5) is 0 Å². The quantitative estimate of drug-likeness (QED) is 0.433. The van der Waals surface area contributed by atoms with Gasteiger partial charge in [-0.15, -0.1) is 11.8 Å². The number of hydrogen-bond donors (Lipinski definition) is 0. The molecule has 1 aromatic heterocycles. The van der Waals surface area contributed by atoms with Gasteiger partial charge in [-0.3, -0.25) is 0 Å². The van der Waals surface area contributed by atoms with Crippen molar-refractivity contribution in [3.8, 4) is 0 Å². The maximum absolute atomic E-state index is 4.00. The fourth-order valence-corrected chi connectivity index (χ4v) is 1.00. The number of nitrogens with zero attached hydrogens (tertiary/aromatic N) is 2. The van der Waals surface area contributed by atoms with E-state index in [2.05, 4.69) is 32.6 Å². The second-order valence-corrected chi connectivity index (χ2v) is 3.24. The third-order valence-corrected chi connectivity index (χ3v) is 2.07. The molecule has 0 aliphatic heterocycles. The van der Waals surface area contributed by atoms with Gasteiger partial charge in [-0.1, -0.05) is 0 Å². The molecule has 0 saturated carbocycles. The van der Waals surface area contributed by atoms with E-state index in [1.165, 1.54) is 0 Å². The van der Waals surface area contributed by atoms with Crippen molar-refractivity contribution >= 4 is 34.4 Å². The topological polar surface area (TPSA) is 25.8 Å². The molecule has 0 saturated heterocycles. The number of halogens is 1. The van der Waals surface area contributed by atoms with Crippen molar-refractivity contribution in [3.63, 3.8) is 0 Å². The highest BCUT2D eigenvalue weighted by atomic mass is 127. The van der Waals surface area contributed by atoms with E-state index in [1.54, 1.807) is 11.8 Å². The second-order valence-electron chi connectivity index (χ2n) is 1.39. The lowest BCUT2D eigenvalue weighted by Crippen LogP contribution is -1.84. The lowest BCUT2D eigenvalue weighted by atomic mass is 10.7. The fraction of sp³-hybridized carbons (Fsp3) is 0.200. The molecule has 0 aliphatic rings. The van der Waals surface area contributed by atoms with Crippen LogP contribution in [-0.4, -0.2) is 16.2 Å². The van der Waals surface area contributed by atoms with Crippen molar-refractivity contribution in [2.45, 2.75) is 4.90 Å². The van der Waals surface area contributed by atoms with Gasteiger partial charge in [-0.2, -0.15) is 0 Å². The summed E-state index contributed by atoms with van der Waals surface area (Å²) in [5.74, 6) is 0. The molecule has 1 rings (SSSR count). The molecule has 0 radical (unpaired) electrons. The Morgan fingerprint density at radius 2 is 2.00 bits per heavy atom. The number of aromatic nitrogens is 2.